The molecular weight excluding hydrogens is 392 g/mol. The summed E-state index contributed by atoms with van der Waals surface area (Å²) in [6.07, 6.45) is 2.89. The van der Waals surface area contributed by atoms with Gasteiger partial charge in [-0.3, -0.25) is 0 Å². The summed E-state index contributed by atoms with van der Waals surface area (Å²) in [6.45, 7) is 1.06. The van der Waals surface area contributed by atoms with Crippen molar-refractivity contribution < 1.29 is 17.2 Å². The van der Waals surface area contributed by atoms with Crippen molar-refractivity contribution in [3.8, 4) is 5.82 Å². The molecule has 1 saturated heterocycles. The van der Waals surface area contributed by atoms with Crippen molar-refractivity contribution in [3.05, 3.63) is 54.6 Å². The molecule has 3 aromatic rings. The van der Waals surface area contributed by atoms with E-state index in [0.29, 0.717) is 30.8 Å². The molecule has 0 saturated carbocycles. The van der Waals surface area contributed by atoms with Crippen LogP contribution in [0, 0.1) is 11.6 Å². The zero-order chi connectivity index (χ0) is 19.7. The Labute approximate surface area is 159 Å². The highest BCUT2D eigenvalue weighted by molar-refractivity contribution is 7.89. The Morgan fingerprint density at radius 3 is 2.11 bits per heavy atom. The second kappa shape index (κ2) is 7.20. The topological polar surface area (TPSA) is 97.1 Å². The van der Waals surface area contributed by atoms with E-state index in [2.05, 4.69) is 20.3 Å². The smallest absolute Gasteiger partial charge is 0.243 e. The Morgan fingerprint density at radius 1 is 0.893 bits per heavy atom. The first kappa shape index (κ1) is 18.4. The van der Waals surface area contributed by atoms with E-state index in [0.717, 1.165) is 12.1 Å². The van der Waals surface area contributed by atoms with E-state index >= 15 is 0 Å². The number of nitrogens with zero attached hydrogens (tertiary/aromatic N) is 7. The zero-order valence-corrected chi connectivity index (χ0v) is 15.3. The Balaban J connectivity index is 1.45. The normalized spacial score (nSPS) is 15.7. The molecule has 1 aromatic carbocycles. The molecule has 2 aromatic heterocycles. The summed E-state index contributed by atoms with van der Waals surface area (Å²) in [5.41, 5.74) is 0. The van der Waals surface area contributed by atoms with Gasteiger partial charge in [-0.1, -0.05) is 0 Å². The largest absolute Gasteiger partial charge is 0.352 e. The first-order valence-corrected chi connectivity index (χ1v) is 9.77. The number of aromatic nitrogens is 5. The number of halogens is 2. The van der Waals surface area contributed by atoms with Crippen LogP contribution in [0.3, 0.4) is 0 Å². The van der Waals surface area contributed by atoms with E-state index in [1.165, 1.54) is 21.6 Å². The second-order valence-electron chi connectivity index (χ2n) is 6.09. The average Bonchev–Trinajstić information content (AvgIpc) is 3.22. The van der Waals surface area contributed by atoms with Crippen molar-refractivity contribution in [2.24, 2.45) is 0 Å². The lowest BCUT2D eigenvalue weighted by molar-refractivity contribution is 0.383. The number of benzene rings is 1. The molecule has 4 rings (SSSR count). The maximum Gasteiger partial charge on any atom is 0.243 e. The van der Waals surface area contributed by atoms with Gasteiger partial charge in [-0.2, -0.15) is 9.40 Å². The summed E-state index contributed by atoms with van der Waals surface area (Å²) in [6, 6.07) is 5.77. The summed E-state index contributed by atoms with van der Waals surface area (Å²) in [5, 5.41) is 12.2. The van der Waals surface area contributed by atoms with Gasteiger partial charge in [-0.05, 0) is 24.3 Å². The molecule has 0 radical (unpaired) electrons. The van der Waals surface area contributed by atoms with Crippen LogP contribution in [0.25, 0.3) is 5.82 Å². The fraction of sp³-hybridized carbons (Fsp3) is 0.250. The van der Waals surface area contributed by atoms with E-state index in [1.807, 2.05) is 4.90 Å². The lowest BCUT2D eigenvalue weighted by atomic mass is 10.3. The number of sulfonamides is 1. The van der Waals surface area contributed by atoms with E-state index in [-0.39, 0.29) is 13.1 Å². The van der Waals surface area contributed by atoms with Crippen LogP contribution in [-0.2, 0) is 10.0 Å². The van der Waals surface area contributed by atoms with Crippen molar-refractivity contribution >= 4 is 15.8 Å². The minimum absolute atomic E-state index is 0.160. The van der Waals surface area contributed by atoms with Crippen LogP contribution >= 0.6 is 0 Å². The lowest BCUT2D eigenvalue weighted by Gasteiger charge is -2.34. The Bertz CT molecular complexity index is 1050. The number of hydrogen-bond acceptors (Lipinski definition) is 7. The van der Waals surface area contributed by atoms with Gasteiger partial charge in [0.25, 0.3) is 0 Å². The summed E-state index contributed by atoms with van der Waals surface area (Å²) < 4.78 is 54.7. The third kappa shape index (κ3) is 3.55. The van der Waals surface area contributed by atoms with Gasteiger partial charge in [-0.15, -0.1) is 10.2 Å². The second-order valence-corrected chi connectivity index (χ2v) is 8.02. The predicted molar refractivity (Wildman–Crippen MR) is 94.3 cm³/mol. The first-order chi connectivity index (χ1) is 13.4. The maximum atomic E-state index is 13.4. The Morgan fingerprint density at radius 2 is 1.54 bits per heavy atom. The molecule has 1 fully saturated rings. The Kier molecular flexibility index (Phi) is 4.73. The van der Waals surface area contributed by atoms with Crippen LogP contribution in [0.15, 0.2) is 47.9 Å². The summed E-state index contributed by atoms with van der Waals surface area (Å²) >= 11 is 0. The lowest BCUT2D eigenvalue weighted by Crippen LogP contribution is -2.49. The van der Waals surface area contributed by atoms with Gasteiger partial charge in [-0.25, -0.2) is 26.9 Å². The Hall–Kier alpha value is -2.99. The van der Waals surface area contributed by atoms with E-state index in [9.17, 15) is 17.2 Å². The van der Waals surface area contributed by atoms with Crippen molar-refractivity contribution in [1.29, 1.82) is 0 Å². The minimum atomic E-state index is -3.98. The van der Waals surface area contributed by atoms with Crippen molar-refractivity contribution in [1.82, 2.24) is 29.3 Å². The van der Waals surface area contributed by atoms with E-state index < -0.39 is 26.6 Å². The van der Waals surface area contributed by atoms with Crippen LogP contribution in [0.5, 0.6) is 0 Å². The van der Waals surface area contributed by atoms with Crippen LogP contribution < -0.4 is 4.90 Å². The molecule has 9 nitrogen and oxygen atoms in total. The average molecular weight is 407 g/mol. The number of hydrogen-bond donors (Lipinski definition) is 0. The molecule has 1 aliphatic rings. The fourth-order valence-electron chi connectivity index (χ4n) is 2.92. The molecule has 12 heteroatoms. The molecule has 1 aliphatic heterocycles. The van der Waals surface area contributed by atoms with Crippen LogP contribution in [0.4, 0.5) is 14.6 Å². The molecule has 0 amide bonds. The molecule has 0 N–H and O–H groups in total. The molecule has 0 spiro atoms. The van der Waals surface area contributed by atoms with Gasteiger partial charge in [0.1, 0.15) is 24.3 Å². The first-order valence-electron chi connectivity index (χ1n) is 8.33. The quantitative estimate of drug-likeness (QED) is 0.632. The number of anilines is 1. The van der Waals surface area contributed by atoms with Gasteiger partial charge in [0, 0.05) is 32.2 Å². The van der Waals surface area contributed by atoms with Gasteiger partial charge < -0.3 is 4.90 Å². The molecule has 28 heavy (non-hydrogen) atoms. The molecule has 0 bridgehead atoms. The van der Waals surface area contributed by atoms with Crippen molar-refractivity contribution in [2.45, 2.75) is 4.90 Å². The fourth-order valence-corrected chi connectivity index (χ4v) is 4.38. The highest BCUT2D eigenvalue weighted by Gasteiger charge is 2.29. The summed E-state index contributed by atoms with van der Waals surface area (Å²) in [5.74, 6) is -0.756. The third-order valence-electron chi connectivity index (χ3n) is 4.33. The maximum absolute atomic E-state index is 13.4. The van der Waals surface area contributed by atoms with Gasteiger partial charge in [0.2, 0.25) is 10.0 Å². The van der Waals surface area contributed by atoms with Gasteiger partial charge in [0.15, 0.2) is 11.6 Å². The van der Waals surface area contributed by atoms with Gasteiger partial charge in [0.05, 0.1) is 4.90 Å². The highest BCUT2D eigenvalue weighted by Crippen LogP contribution is 2.21. The molecular formula is C16H15F2N7O2S. The van der Waals surface area contributed by atoms with E-state index in [4.69, 9.17) is 0 Å². The summed E-state index contributed by atoms with van der Waals surface area (Å²) in [7, 11) is -3.98. The molecule has 3 heterocycles. The van der Waals surface area contributed by atoms with Crippen molar-refractivity contribution in [2.75, 3.05) is 31.1 Å². The van der Waals surface area contributed by atoms with E-state index in [1.54, 1.807) is 12.1 Å². The van der Waals surface area contributed by atoms with Crippen LogP contribution in [-0.4, -0.2) is 63.9 Å². The number of rotatable bonds is 4. The predicted octanol–water partition coefficient (Wildman–Crippen LogP) is 0.846. The number of piperazine rings is 1. The van der Waals surface area contributed by atoms with Crippen molar-refractivity contribution in [3.63, 3.8) is 0 Å². The monoisotopic (exact) mass is 407 g/mol. The highest BCUT2D eigenvalue weighted by atomic mass is 32.2. The molecule has 0 aliphatic carbocycles. The zero-order valence-electron chi connectivity index (χ0n) is 14.5. The standard InChI is InChI=1S/C16H15F2N7O2S/c17-12-7-13(18)9-14(8-12)28(26,27)24-5-3-23(4-6-24)15-1-2-16(22-21-15)25-11-19-10-20-25/h1-2,7-11H,3-6H2. The molecule has 0 unspecified atom stereocenters. The molecule has 146 valence electrons. The minimum Gasteiger partial charge on any atom is -0.352 e. The molecule has 0 atom stereocenters. The van der Waals surface area contributed by atoms with Gasteiger partial charge >= 0.3 is 0 Å². The SMILES string of the molecule is O=S(=O)(c1cc(F)cc(F)c1)N1CCN(c2ccc(-n3cncn3)nn2)CC1. The third-order valence-corrected chi connectivity index (χ3v) is 6.20. The summed E-state index contributed by atoms with van der Waals surface area (Å²) in [4.78, 5) is 5.33. The van der Waals surface area contributed by atoms with Crippen LogP contribution in [0.2, 0.25) is 0 Å². The van der Waals surface area contributed by atoms with Crippen LogP contribution in [0.1, 0.15) is 0 Å².